The number of hydrogen-bond acceptors (Lipinski definition) is 1. The maximum Gasteiger partial charge on any atom is 0.0955 e. The van der Waals surface area contributed by atoms with Crippen molar-refractivity contribution < 1.29 is 0 Å². The molecular formula is C18H22N2. The smallest absolute Gasteiger partial charge is 0.0955 e. The van der Waals surface area contributed by atoms with E-state index in [1.165, 1.54) is 16.7 Å². The Morgan fingerprint density at radius 2 is 1.55 bits per heavy atom. The molecule has 0 aliphatic carbocycles. The second-order valence-electron chi connectivity index (χ2n) is 5.09. The number of hydrogen-bond donors (Lipinski definition) is 1. The second kappa shape index (κ2) is 6.90. The molecule has 0 saturated carbocycles. The number of nitrogens with zero attached hydrogens (tertiary/aromatic N) is 1. The van der Waals surface area contributed by atoms with Crippen LogP contribution < -0.4 is 0 Å². The lowest BCUT2D eigenvalue weighted by atomic mass is 9.99. The molecule has 0 atom stereocenters. The van der Waals surface area contributed by atoms with Gasteiger partial charge in [-0.05, 0) is 23.1 Å². The molecule has 0 aliphatic heterocycles. The van der Waals surface area contributed by atoms with E-state index in [2.05, 4.69) is 48.5 Å². The highest BCUT2D eigenvalue weighted by Gasteiger charge is 2.07. The van der Waals surface area contributed by atoms with Gasteiger partial charge < -0.3 is 4.90 Å². The van der Waals surface area contributed by atoms with Gasteiger partial charge in [0.15, 0.2) is 0 Å². The first-order chi connectivity index (χ1) is 9.70. The fourth-order valence-electron chi connectivity index (χ4n) is 2.32. The van der Waals surface area contributed by atoms with E-state index in [4.69, 9.17) is 5.41 Å². The molecule has 2 heteroatoms. The van der Waals surface area contributed by atoms with E-state index < -0.39 is 0 Å². The van der Waals surface area contributed by atoms with Gasteiger partial charge in [0.05, 0.1) is 5.84 Å². The Morgan fingerprint density at radius 3 is 2.20 bits per heavy atom. The van der Waals surface area contributed by atoms with Crippen LogP contribution in [0.25, 0.3) is 0 Å². The molecule has 0 heterocycles. The van der Waals surface area contributed by atoms with Gasteiger partial charge in [-0.1, -0.05) is 61.5 Å². The predicted octanol–water partition coefficient (Wildman–Crippen LogP) is 4.10. The Morgan fingerprint density at radius 1 is 0.950 bits per heavy atom. The van der Waals surface area contributed by atoms with Gasteiger partial charge in [0.25, 0.3) is 0 Å². The maximum absolute atomic E-state index is 7.91. The summed E-state index contributed by atoms with van der Waals surface area (Å²) in [5.74, 6) is 0.680. The zero-order valence-electron chi connectivity index (χ0n) is 12.3. The van der Waals surface area contributed by atoms with Gasteiger partial charge in [0.2, 0.25) is 0 Å². The van der Waals surface area contributed by atoms with Gasteiger partial charge in [0, 0.05) is 20.0 Å². The van der Waals surface area contributed by atoms with Crippen molar-refractivity contribution in [2.24, 2.45) is 0 Å². The summed E-state index contributed by atoms with van der Waals surface area (Å²) in [4.78, 5) is 2.02. The van der Waals surface area contributed by atoms with Gasteiger partial charge in [-0.15, -0.1) is 0 Å². The van der Waals surface area contributed by atoms with E-state index in [0.717, 1.165) is 19.4 Å². The Kier molecular flexibility index (Phi) is 4.94. The Hall–Kier alpha value is -2.09. The quantitative estimate of drug-likeness (QED) is 0.640. The average Bonchev–Trinajstić information content (AvgIpc) is 2.49. The molecule has 104 valence electrons. The number of rotatable bonds is 5. The molecule has 0 aliphatic rings. The Labute approximate surface area is 121 Å². The third-order valence-corrected chi connectivity index (χ3v) is 3.56. The van der Waals surface area contributed by atoms with E-state index in [-0.39, 0.29) is 0 Å². The van der Waals surface area contributed by atoms with Crippen molar-refractivity contribution in [2.45, 2.75) is 26.3 Å². The molecule has 0 amide bonds. The van der Waals surface area contributed by atoms with Crippen LogP contribution in [0.4, 0.5) is 0 Å². The number of benzene rings is 2. The summed E-state index contributed by atoms with van der Waals surface area (Å²) in [6.07, 6.45) is 1.72. The molecule has 2 nitrogen and oxygen atoms in total. The highest BCUT2D eigenvalue weighted by molar-refractivity contribution is 5.78. The van der Waals surface area contributed by atoms with Crippen LogP contribution in [0.15, 0.2) is 54.6 Å². The van der Waals surface area contributed by atoms with Gasteiger partial charge >= 0.3 is 0 Å². The molecule has 0 aromatic heterocycles. The molecular weight excluding hydrogens is 244 g/mol. The van der Waals surface area contributed by atoms with Crippen LogP contribution in [0.2, 0.25) is 0 Å². The average molecular weight is 266 g/mol. The summed E-state index contributed by atoms with van der Waals surface area (Å²) in [7, 11) is 1.99. The normalized spacial score (nSPS) is 10.3. The first-order valence-corrected chi connectivity index (χ1v) is 7.10. The summed E-state index contributed by atoms with van der Waals surface area (Å²) in [6.45, 7) is 2.82. The first-order valence-electron chi connectivity index (χ1n) is 7.10. The second-order valence-corrected chi connectivity index (χ2v) is 5.09. The van der Waals surface area contributed by atoms with Crippen molar-refractivity contribution >= 4 is 5.84 Å². The van der Waals surface area contributed by atoms with Crippen molar-refractivity contribution in [1.29, 1.82) is 5.41 Å². The van der Waals surface area contributed by atoms with Crippen molar-refractivity contribution in [2.75, 3.05) is 7.05 Å². The zero-order chi connectivity index (χ0) is 14.4. The van der Waals surface area contributed by atoms with E-state index in [9.17, 15) is 0 Å². The SMILES string of the molecule is CCC(=N)N(C)Cc1ccccc1Cc1ccccc1. The largest absolute Gasteiger partial charge is 0.359 e. The number of nitrogens with one attached hydrogen (secondary N) is 1. The fraction of sp³-hybridized carbons (Fsp3) is 0.278. The van der Waals surface area contributed by atoms with Crippen LogP contribution >= 0.6 is 0 Å². The first kappa shape index (κ1) is 14.3. The summed E-state index contributed by atoms with van der Waals surface area (Å²) in [5.41, 5.74) is 3.97. The third-order valence-electron chi connectivity index (χ3n) is 3.56. The monoisotopic (exact) mass is 266 g/mol. The van der Waals surface area contributed by atoms with Gasteiger partial charge in [-0.3, -0.25) is 5.41 Å². The molecule has 0 bridgehead atoms. The maximum atomic E-state index is 7.91. The van der Waals surface area contributed by atoms with Crippen LogP contribution in [-0.2, 0) is 13.0 Å². The summed E-state index contributed by atoms with van der Waals surface area (Å²) < 4.78 is 0. The zero-order valence-corrected chi connectivity index (χ0v) is 12.3. The highest BCUT2D eigenvalue weighted by atomic mass is 15.1. The topological polar surface area (TPSA) is 27.1 Å². The van der Waals surface area contributed by atoms with Crippen LogP contribution in [-0.4, -0.2) is 17.8 Å². The van der Waals surface area contributed by atoms with E-state index in [1.807, 2.05) is 24.9 Å². The minimum absolute atomic E-state index is 0.680. The summed E-state index contributed by atoms with van der Waals surface area (Å²) in [6, 6.07) is 19.0. The van der Waals surface area contributed by atoms with Crippen molar-refractivity contribution in [3.05, 3.63) is 71.3 Å². The lowest BCUT2D eigenvalue weighted by Crippen LogP contribution is -2.25. The standard InChI is InChI=1S/C18H22N2/c1-3-18(19)20(2)14-17-12-8-7-11-16(17)13-15-9-5-4-6-10-15/h4-12,19H,3,13-14H2,1-2H3. The lowest BCUT2D eigenvalue weighted by molar-refractivity contribution is 0.485. The summed E-state index contributed by atoms with van der Waals surface area (Å²) in [5, 5.41) is 7.91. The van der Waals surface area contributed by atoms with Crippen LogP contribution in [0.5, 0.6) is 0 Å². The van der Waals surface area contributed by atoms with Gasteiger partial charge in [0.1, 0.15) is 0 Å². The van der Waals surface area contributed by atoms with E-state index >= 15 is 0 Å². The van der Waals surface area contributed by atoms with Crippen molar-refractivity contribution in [3.8, 4) is 0 Å². The Bertz CT molecular complexity index is 561. The van der Waals surface area contributed by atoms with E-state index in [0.29, 0.717) is 5.84 Å². The fourth-order valence-corrected chi connectivity index (χ4v) is 2.32. The molecule has 2 rings (SSSR count). The number of amidine groups is 1. The van der Waals surface area contributed by atoms with Gasteiger partial charge in [-0.25, -0.2) is 0 Å². The molecule has 2 aromatic carbocycles. The molecule has 0 radical (unpaired) electrons. The van der Waals surface area contributed by atoms with Crippen LogP contribution in [0.3, 0.4) is 0 Å². The van der Waals surface area contributed by atoms with Gasteiger partial charge in [-0.2, -0.15) is 0 Å². The summed E-state index contributed by atoms with van der Waals surface area (Å²) >= 11 is 0. The Balaban J connectivity index is 2.16. The minimum Gasteiger partial charge on any atom is -0.359 e. The van der Waals surface area contributed by atoms with E-state index in [1.54, 1.807) is 0 Å². The van der Waals surface area contributed by atoms with Crippen molar-refractivity contribution in [1.82, 2.24) is 4.90 Å². The molecule has 20 heavy (non-hydrogen) atoms. The molecule has 0 spiro atoms. The molecule has 2 aromatic rings. The molecule has 0 fully saturated rings. The highest BCUT2D eigenvalue weighted by Crippen LogP contribution is 2.16. The predicted molar refractivity (Wildman–Crippen MR) is 85.2 cm³/mol. The van der Waals surface area contributed by atoms with Crippen molar-refractivity contribution in [3.63, 3.8) is 0 Å². The molecule has 0 unspecified atom stereocenters. The van der Waals surface area contributed by atoms with Crippen LogP contribution in [0, 0.1) is 5.41 Å². The molecule has 0 saturated heterocycles. The van der Waals surface area contributed by atoms with Crippen LogP contribution in [0.1, 0.15) is 30.0 Å². The minimum atomic E-state index is 0.680. The third kappa shape index (κ3) is 3.70. The lowest BCUT2D eigenvalue weighted by Gasteiger charge is -2.21. The molecule has 1 N–H and O–H groups in total.